The topological polar surface area (TPSA) is 69.6 Å². The Kier molecular flexibility index (Phi) is 5.98. The van der Waals surface area contributed by atoms with Crippen molar-refractivity contribution < 1.29 is 14.7 Å². The second kappa shape index (κ2) is 7.25. The van der Waals surface area contributed by atoms with Gasteiger partial charge >= 0.3 is 5.97 Å². The van der Waals surface area contributed by atoms with Crippen LogP contribution in [0.25, 0.3) is 0 Å². The Bertz CT molecular complexity index is 465. The Labute approximate surface area is 120 Å². The van der Waals surface area contributed by atoms with Gasteiger partial charge < -0.3 is 10.0 Å². The van der Waals surface area contributed by atoms with Crippen LogP contribution in [-0.4, -0.2) is 41.5 Å². The van der Waals surface area contributed by atoms with Crippen LogP contribution in [0.4, 0.5) is 0 Å². The summed E-state index contributed by atoms with van der Waals surface area (Å²) < 4.78 is 0.946. The molecule has 0 saturated heterocycles. The fraction of sp³-hybridized carbons (Fsp3) is 0.385. The highest BCUT2D eigenvalue weighted by Gasteiger charge is 2.14. The van der Waals surface area contributed by atoms with Crippen LogP contribution in [0.3, 0.4) is 0 Å². The number of nitrogens with one attached hydrogen (secondary N) is 1. The lowest BCUT2D eigenvalue weighted by Gasteiger charge is -2.19. The lowest BCUT2D eigenvalue weighted by molar-refractivity contribution is -0.139. The molecule has 0 aliphatic carbocycles. The van der Waals surface area contributed by atoms with Crippen molar-refractivity contribution in [2.75, 3.05) is 13.6 Å². The molecule has 0 heterocycles. The molecule has 0 fully saturated rings. The highest BCUT2D eigenvalue weighted by molar-refractivity contribution is 9.10. The van der Waals surface area contributed by atoms with Gasteiger partial charge in [0.2, 0.25) is 5.91 Å². The summed E-state index contributed by atoms with van der Waals surface area (Å²) in [7, 11) is 1.69. The minimum absolute atomic E-state index is 0.00835. The molecule has 2 N–H and O–H groups in total. The van der Waals surface area contributed by atoms with Crippen LogP contribution in [0.1, 0.15) is 12.5 Å². The number of carbonyl (C=O) groups is 2. The van der Waals surface area contributed by atoms with Crippen LogP contribution >= 0.6 is 15.9 Å². The molecule has 1 amide bonds. The van der Waals surface area contributed by atoms with Gasteiger partial charge in [-0.3, -0.25) is 14.9 Å². The van der Waals surface area contributed by atoms with Crippen molar-refractivity contribution in [3.63, 3.8) is 0 Å². The second-order valence-corrected chi connectivity index (χ2v) is 5.14. The van der Waals surface area contributed by atoms with Crippen LogP contribution in [0.2, 0.25) is 0 Å². The number of benzene rings is 1. The maximum atomic E-state index is 11.8. The Morgan fingerprint density at radius 1 is 1.42 bits per heavy atom. The van der Waals surface area contributed by atoms with E-state index in [1.165, 1.54) is 6.92 Å². The van der Waals surface area contributed by atoms with Crippen molar-refractivity contribution in [2.45, 2.75) is 19.5 Å². The number of hydrogen-bond donors (Lipinski definition) is 2. The number of likely N-dealkylation sites (N-methyl/N-ethyl adjacent to an activating group) is 1. The minimum atomic E-state index is -0.971. The highest BCUT2D eigenvalue weighted by Crippen LogP contribution is 2.17. The predicted molar refractivity (Wildman–Crippen MR) is 75.7 cm³/mol. The standard InChI is InChI=1S/C13H17BrN2O3/c1-9(13(18)19)15-7-12(17)16(2)8-10-5-3-4-6-11(10)14/h3-6,9,15H,7-8H2,1-2H3,(H,18,19)/t9-/m0/s1. The number of hydrogen-bond acceptors (Lipinski definition) is 3. The fourth-order valence-corrected chi connectivity index (χ4v) is 1.84. The van der Waals surface area contributed by atoms with E-state index in [1.54, 1.807) is 11.9 Å². The van der Waals surface area contributed by atoms with E-state index in [2.05, 4.69) is 21.2 Å². The zero-order chi connectivity index (χ0) is 14.4. The molecule has 1 aromatic rings. The smallest absolute Gasteiger partial charge is 0.320 e. The third-order valence-corrected chi connectivity index (χ3v) is 3.49. The van der Waals surface area contributed by atoms with Gasteiger partial charge in [-0.05, 0) is 18.6 Å². The summed E-state index contributed by atoms with van der Waals surface area (Å²) in [5.74, 6) is -1.12. The molecule has 0 aromatic heterocycles. The van der Waals surface area contributed by atoms with Gasteiger partial charge in [0, 0.05) is 18.1 Å². The lowest BCUT2D eigenvalue weighted by Crippen LogP contribution is -2.41. The first-order chi connectivity index (χ1) is 8.91. The average molecular weight is 329 g/mol. The number of amides is 1. The SMILES string of the molecule is C[C@H](NCC(=O)N(C)Cc1ccccc1Br)C(=O)O. The fourth-order valence-electron chi connectivity index (χ4n) is 1.43. The summed E-state index contributed by atoms with van der Waals surface area (Å²) in [4.78, 5) is 24.0. The quantitative estimate of drug-likeness (QED) is 0.829. The summed E-state index contributed by atoms with van der Waals surface area (Å²) in [6.07, 6.45) is 0. The van der Waals surface area contributed by atoms with Crippen molar-refractivity contribution in [3.8, 4) is 0 Å². The van der Waals surface area contributed by atoms with Crippen molar-refractivity contribution in [1.82, 2.24) is 10.2 Å². The number of rotatable bonds is 6. The summed E-state index contributed by atoms with van der Waals surface area (Å²) in [5.41, 5.74) is 1.00. The van der Waals surface area contributed by atoms with E-state index in [9.17, 15) is 9.59 Å². The van der Waals surface area contributed by atoms with Crippen LogP contribution < -0.4 is 5.32 Å². The number of carboxylic acids is 1. The van der Waals surface area contributed by atoms with Crippen molar-refractivity contribution in [1.29, 1.82) is 0 Å². The molecule has 0 bridgehead atoms. The van der Waals surface area contributed by atoms with Crippen LogP contribution in [-0.2, 0) is 16.1 Å². The molecule has 0 spiro atoms. The maximum Gasteiger partial charge on any atom is 0.320 e. The second-order valence-electron chi connectivity index (χ2n) is 4.28. The van der Waals surface area contributed by atoms with Gasteiger partial charge in [0.05, 0.1) is 6.54 Å². The minimum Gasteiger partial charge on any atom is -0.480 e. The molecule has 0 saturated carbocycles. The van der Waals surface area contributed by atoms with Crippen molar-refractivity contribution in [3.05, 3.63) is 34.3 Å². The predicted octanol–water partition coefficient (Wildman–Crippen LogP) is 1.47. The van der Waals surface area contributed by atoms with Crippen molar-refractivity contribution >= 4 is 27.8 Å². The molecular formula is C13H17BrN2O3. The molecule has 6 heteroatoms. The molecule has 1 atom stereocenters. The number of nitrogens with zero attached hydrogens (tertiary/aromatic N) is 1. The van der Waals surface area contributed by atoms with E-state index >= 15 is 0 Å². The van der Waals surface area contributed by atoms with Crippen LogP contribution in [0.15, 0.2) is 28.7 Å². The first-order valence-corrected chi connectivity index (χ1v) is 6.64. The summed E-state index contributed by atoms with van der Waals surface area (Å²) in [5, 5.41) is 11.4. The number of carbonyl (C=O) groups excluding carboxylic acids is 1. The number of aliphatic carboxylic acids is 1. The largest absolute Gasteiger partial charge is 0.480 e. The zero-order valence-electron chi connectivity index (χ0n) is 10.9. The maximum absolute atomic E-state index is 11.8. The summed E-state index contributed by atoms with van der Waals surface area (Å²) in [6.45, 7) is 1.99. The first-order valence-electron chi connectivity index (χ1n) is 5.85. The van der Waals surface area contributed by atoms with E-state index in [4.69, 9.17) is 5.11 Å². The number of carboxylic acid groups (broad SMARTS) is 1. The van der Waals surface area contributed by atoms with Gasteiger partial charge in [-0.1, -0.05) is 34.1 Å². The van der Waals surface area contributed by atoms with E-state index < -0.39 is 12.0 Å². The molecule has 104 valence electrons. The molecule has 1 rings (SSSR count). The van der Waals surface area contributed by atoms with Crippen LogP contribution in [0.5, 0.6) is 0 Å². The highest BCUT2D eigenvalue weighted by atomic mass is 79.9. The third kappa shape index (κ3) is 5.00. The zero-order valence-corrected chi connectivity index (χ0v) is 12.5. The molecule has 0 aliphatic rings. The Balaban J connectivity index is 2.50. The Morgan fingerprint density at radius 2 is 2.05 bits per heavy atom. The monoisotopic (exact) mass is 328 g/mol. The van der Waals surface area contributed by atoms with Gasteiger partial charge in [0.15, 0.2) is 0 Å². The van der Waals surface area contributed by atoms with E-state index in [-0.39, 0.29) is 12.5 Å². The van der Waals surface area contributed by atoms with Gasteiger partial charge in [-0.2, -0.15) is 0 Å². The lowest BCUT2D eigenvalue weighted by atomic mass is 10.2. The normalized spacial score (nSPS) is 11.9. The van der Waals surface area contributed by atoms with E-state index in [0.717, 1.165) is 10.0 Å². The third-order valence-electron chi connectivity index (χ3n) is 2.72. The first kappa shape index (κ1) is 15.7. The van der Waals surface area contributed by atoms with Gasteiger partial charge in [-0.25, -0.2) is 0 Å². The van der Waals surface area contributed by atoms with Crippen molar-refractivity contribution in [2.24, 2.45) is 0 Å². The molecular weight excluding hydrogens is 312 g/mol. The summed E-state index contributed by atoms with van der Waals surface area (Å²) in [6, 6.07) is 6.93. The molecule has 19 heavy (non-hydrogen) atoms. The Morgan fingerprint density at radius 3 is 2.63 bits per heavy atom. The Hall–Kier alpha value is -1.40. The molecule has 5 nitrogen and oxygen atoms in total. The molecule has 0 unspecified atom stereocenters. The number of halogens is 1. The van der Waals surface area contributed by atoms with E-state index in [1.807, 2.05) is 24.3 Å². The van der Waals surface area contributed by atoms with Gasteiger partial charge in [0.1, 0.15) is 6.04 Å². The van der Waals surface area contributed by atoms with Gasteiger partial charge in [0.25, 0.3) is 0 Å². The van der Waals surface area contributed by atoms with E-state index in [0.29, 0.717) is 6.54 Å². The van der Waals surface area contributed by atoms with Gasteiger partial charge in [-0.15, -0.1) is 0 Å². The average Bonchev–Trinajstić information content (AvgIpc) is 2.37. The molecule has 0 aliphatic heterocycles. The molecule has 1 aromatic carbocycles. The molecule has 0 radical (unpaired) electrons. The summed E-state index contributed by atoms with van der Waals surface area (Å²) >= 11 is 3.42. The van der Waals surface area contributed by atoms with Crippen LogP contribution in [0, 0.1) is 0 Å².